The number of carbonyl (C=O) groups is 1. The fourth-order valence-corrected chi connectivity index (χ4v) is 2.67. The Labute approximate surface area is 110 Å². The van der Waals surface area contributed by atoms with Gasteiger partial charge in [0.05, 0.1) is 21.4 Å². The summed E-state index contributed by atoms with van der Waals surface area (Å²) in [6.07, 6.45) is 3.61. The molecule has 0 fully saturated rings. The van der Waals surface area contributed by atoms with Crippen molar-refractivity contribution in [2.24, 2.45) is 4.99 Å². The SMILES string of the molecule is O=C(O)C1=CCC2=Nc3ccc(F)c(Br)c3C2=C1. The maximum atomic E-state index is 13.5. The van der Waals surface area contributed by atoms with Crippen molar-refractivity contribution in [3.05, 3.63) is 45.7 Å². The zero-order valence-corrected chi connectivity index (χ0v) is 10.7. The molecule has 90 valence electrons. The van der Waals surface area contributed by atoms with Crippen molar-refractivity contribution in [1.82, 2.24) is 0 Å². The molecule has 0 spiro atoms. The molecule has 0 radical (unpaired) electrons. The highest BCUT2D eigenvalue weighted by Gasteiger charge is 2.27. The molecule has 18 heavy (non-hydrogen) atoms. The third kappa shape index (κ3) is 1.54. The van der Waals surface area contributed by atoms with Gasteiger partial charge in [0, 0.05) is 17.6 Å². The maximum absolute atomic E-state index is 13.5. The van der Waals surface area contributed by atoms with Crippen LogP contribution in [0.15, 0.2) is 39.3 Å². The van der Waals surface area contributed by atoms with Crippen LogP contribution < -0.4 is 0 Å². The number of aliphatic imine (C=N–C) groups is 1. The highest BCUT2D eigenvalue weighted by atomic mass is 79.9. The van der Waals surface area contributed by atoms with Crippen LogP contribution in [-0.4, -0.2) is 16.8 Å². The maximum Gasteiger partial charge on any atom is 0.335 e. The molecule has 1 aliphatic carbocycles. The molecular formula is C13H7BrFNO2. The highest BCUT2D eigenvalue weighted by Crippen LogP contribution is 2.43. The van der Waals surface area contributed by atoms with E-state index in [2.05, 4.69) is 20.9 Å². The second-order valence-corrected chi connectivity index (χ2v) is 4.83. The lowest BCUT2D eigenvalue weighted by molar-refractivity contribution is -0.132. The Morgan fingerprint density at radius 2 is 2.22 bits per heavy atom. The first-order chi connectivity index (χ1) is 8.58. The molecule has 0 atom stereocenters. The van der Waals surface area contributed by atoms with Crippen LogP contribution in [-0.2, 0) is 4.79 Å². The van der Waals surface area contributed by atoms with Crippen LogP contribution in [0.4, 0.5) is 10.1 Å². The molecule has 0 unspecified atom stereocenters. The molecule has 1 aromatic carbocycles. The van der Waals surface area contributed by atoms with E-state index in [-0.39, 0.29) is 11.4 Å². The Kier molecular flexibility index (Phi) is 2.45. The van der Waals surface area contributed by atoms with E-state index >= 15 is 0 Å². The third-order valence-corrected chi connectivity index (χ3v) is 3.75. The first kappa shape index (κ1) is 11.3. The van der Waals surface area contributed by atoms with E-state index in [0.717, 1.165) is 5.71 Å². The molecule has 1 heterocycles. The summed E-state index contributed by atoms with van der Waals surface area (Å²) in [4.78, 5) is 15.4. The summed E-state index contributed by atoms with van der Waals surface area (Å²) in [5.41, 5.74) is 2.99. The van der Waals surface area contributed by atoms with Crippen molar-refractivity contribution in [3.63, 3.8) is 0 Å². The fraction of sp³-hybridized carbons (Fsp3) is 0.0769. The lowest BCUT2D eigenvalue weighted by atomic mass is 9.93. The lowest BCUT2D eigenvalue weighted by Crippen LogP contribution is -2.07. The molecular weight excluding hydrogens is 301 g/mol. The number of nitrogens with zero attached hydrogens (tertiary/aromatic N) is 1. The van der Waals surface area contributed by atoms with Gasteiger partial charge in [-0.2, -0.15) is 0 Å². The molecule has 3 nitrogen and oxygen atoms in total. The summed E-state index contributed by atoms with van der Waals surface area (Å²) in [5, 5.41) is 8.99. The van der Waals surface area contributed by atoms with Crippen LogP contribution in [0.25, 0.3) is 5.57 Å². The molecule has 0 saturated heterocycles. The normalized spacial score (nSPS) is 16.4. The van der Waals surface area contributed by atoms with Gasteiger partial charge in [0.25, 0.3) is 0 Å². The van der Waals surface area contributed by atoms with Crippen LogP contribution in [0.2, 0.25) is 0 Å². The van der Waals surface area contributed by atoms with E-state index in [1.54, 1.807) is 18.2 Å². The average Bonchev–Trinajstić information content (AvgIpc) is 2.71. The van der Waals surface area contributed by atoms with Gasteiger partial charge < -0.3 is 5.11 Å². The van der Waals surface area contributed by atoms with Crippen LogP contribution in [0.1, 0.15) is 12.0 Å². The van der Waals surface area contributed by atoms with Gasteiger partial charge >= 0.3 is 5.97 Å². The Morgan fingerprint density at radius 1 is 1.44 bits per heavy atom. The molecule has 3 rings (SSSR count). The van der Waals surface area contributed by atoms with Gasteiger partial charge in [-0.25, -0.2) is 9.18 Å². The Balaban J connectivity index is 2.20. The predicted molar refractivity (Wildman–Crippen MR) is 69.5 cm³/mol. The number of allylic oxidation sites excluding steroid dienone is 2. The molecule has 5 heteroatoms. The molecule has 1 N–H and O–H groups in total. The number of fused-ring (bicyclic) bond motifs is 3. The zero-order chi connectivity index (χ0) is 12.9. The molecule has 0 aromatic heterocycles. The highest BCUT2D eigenvalue weighted by molar-refractivity contribution is 9.10. The number of benzene rings is 1. The van der Waals surface area contributed by atoms with E-state index in [0.29, 0.717) is 27.7 Å². The van der Waals surface area contributed by atoms with Gasteiger partial charge in [0.15, 0.2) is 0 Å². The predicted octanol–water partition coefficient (Wildman–Crippen LogP) is 3.47. The Bertz CT molecular complexity index is 674. The summed E-state index contributed by atoms with van der Waals surface area (Å²) in [7, 11) is 0. The monoisotopic (exact) mass is 307 g/mol. The topological polar surface area (TPSA) is 49.7 Å². The van der Waals surface area contributed by atoms with Gasteiger partial charge in [-0.05, 0) is 34.1 Å². The Morgan fingerprint density at radius 3 is 2.94 bits per heavy atom. The molecule has 1 aromatic rings. The number of carboxylic acids is 1. The van der Waals surface area contributed by atoms with Crippen LogP contribution in [0.5, 0.6) is 0 Å². The number of hydrogen-bond donors (Lipinski definition) is 1. The minimum atomic E-state index is -0.984. The minimum Gasteiger partial charge on any atom is -0.478 e. The van der Waals surface area contributed by atoms with Gasteiger partial charge in [0.1, 0.15) is 5.82 Å². The van der Waals surface area contributed by atoms with Crippen molar-refractivity contribution in [2.75, 3.05) is 0 Å². The van der Waals surface area contributed by atoms with Gasteiger partial charge in [0.2, 0.25) is 0 Å². The van der Waals surface area contributed by atoms with E-state index < -0.39 is 5.97 Å². The van der Waals surface area contributed by atoms with Crippen LogP contribution in [0, 0.1) is 5.82 Å². The molecule has 0 bridgehead atoms. The minimum absolute atomic E-state index is 0.216. The van der Waals surface area contributed by atoms with Gasteiger partial charge in [-0.15, -0.1) is 0 Å². The third-order valence-electron chi connectivity index (χ3n) is 2.97. The second kappa shape index (κ2) is 3.88. The molecule has 0 saturated carbocycles. The smallest absolute Gasteiger partial charge is 0.335 e. The van der Waals surface area contributed by atoms with Gasteiger partial charge in [-0.1, -0.05) is 6.08 Å². The average molecular weight is 308 g/mol. The summed E-state index contributed by atoms with van der Waals surface area (Å²) >= 11 is 3.19. The largest absolute Gasteiger partial charge is 0.478 e. The summed E-state index contributed by atoms with van der Waals surface area (Å²) in [5.74, 6) is -1.36. The van der Waals surface area contributed by atoms with Crippen molar-refractivity contribution >= 4 is 38.9 Å². The fourth-order valence-electron chi connectivity index (χ4n) is 2.12. The second-order valence-electron chi connectivity index (χ2n) is 4.04. The molecule has 0 amide bonds. The van der Waals surface area contributed by atoms with Crippen molar-refractivity contribution < 1.29 is 14.3 Å². The first-order valence-corrected chi connectivity index (χ1v) is 6.08. The van der Waals surface area contributed by atoms with Gasteiger partial charge in [-0.3, -0.25) is 4.99 Å². The summed E-state index contributed by atoms with van der Waals surface area (Å²) < 4.78 is 13.9. The van der Waals surface area contributed by atoms with E-state index in [4.69, 9.17) is 5.11 Å². The lowest BCUT2D eigenvalue weighted by Gasteiger charge is -2.11. The summed E-state index contributed by atoms with van der Waals surface area (Å²) in [6, 6.07) is 2.94. The van der Waals surface area contributed by atoms with Crippen LogP contribution >= 0.6 is 15.9 Å². The van der Waals surface area contributed by atoms with Crippen molar-refractivity contribution in [3.8, 4) is 0 Å². The summed E-state index contributed by atoms with van der Waals surface area (Å²) in [6.45, 7) is 0. The number of rotatable bonds is 1. The molecule has 2 aliphatic rings. The number of hydrogen-bond acceptors (Lipinski definition) is 2. The van der Waals surface area contributed by atoms with Crippen LogP contribution in [0.3, 0.4) is 0 Å². The number of halogens is 2. The molecule has 1 aliphatic heterocycles. The Hall–Kier alpha value is -1.75. The zero-order valence-electron chi connectivity index (χ0n) is 9.08. The van der Waals surface area contributed by atoms with E-state index in [1.165, 1.54) is 6.07 Å². The first-order valence-electron chi connectivity index (χ1n) is 5.29. The van der Waals surface area contributed by atoms with E-state index in [9.17, 15) is 9.18 Å². The number of carboxylic acid groups (broad SMARTS) is 1. The number of aliphatic carboxylic acids is 1. The quantitative estimate of drug-likeness (QED) is 0.863. The van der Waals surface area contributed by atoms with E-state index in [1.807, 2.05) is 0 Å². The van der Waals surface area contributed by atoms with Crippen molar-refractivity contribution in [1.29, 1.82) is 0 Å². The van der Waals surface area contributed by atoms with Crippen molar-refractivity contribution in [2.45, 2.75) is 6.42 Å². The standard InChI is InChI=1S/C13H7BrFNO2/c14-12-8(15)2-4-10-11(12)7-5-6(13(17)18)1-3-9(7)16-10/h1-2,4-5H,3H2,(H,17,18).